The smallest absolute Gasteiger partial charge is 0.436 e. The van der Waals surface area contributed by atoms with Gasteiger partial charge in [-0.3, -0.25) is 4.79 Å². The molecule has 0 aliphatic heterocycles. The first-order valence-corrected chi connectivity index (χ1v) is 12.4. The first-order chi connectivity index (χ1) is 16.2. The number of hydrogen-bond donors (Lipinski definition) is 2. The van der Waals surface area contributed by atoms with Crippen LogP contribution in [0.3, 0.4) is 0 Å². The molecule has 2 aliphatic carbocycles. The lowest BCUT2D eigenvalue weighted by atomic mass is 9.79. The van der Waals surface area contributed by atoms with Crippen molar-refractivity contribution in [3.63, 3.8) is 0 Å². The molecule has 0 saturated heterocycles. The molecule has 1 unspecified atom stereocenters. The lowest BCUT2D eigenvalue weighted by molar-refractivity contribution is -0.115. The van der Waals surface area contributed by atoms with E-state index in [1.165, 1.54) is 11.3 Å². The molecule has 2 fully saturated rings. The minimum atomic E-state index is -0.672. The van der Waals surface area contributed by atoms with Crippen molar-refractivity contribution in [2.75, 3.05) is 11.9 Å². The molecule has 4 rings (SSSR count). The predicted molar refractivity (Wildman–Crippen MR) is 124 cm³/mol. The second kappa shape index (κ2) is 10.1. The second-order valence-electron chi connectivity index (χ2n) is 9.08. The maximum atomic E-state index is 12.5. The van der Waals surface area contributed by atoms with E-state index in [9.17, 15) is 14.4 Å². The Kier molecular flexibility index (Phi) is 7.15. The molecule has 34 heavy (non-hydrogen) atoms. The van der Waals surface area contributed by atoms with Crippen LogP contribution in [0.1, 0.15) is 74.0 Å². The third kappa shape index (κ3) is 5.72. The van der Waals surface area contributed by atoms with Gasteiger partial charge in [0.05, 0.1) is 18.7 Å². The zero-order valence-corrected chi connectivity index (χ0v) is 20.4. The Balaban J connectivity index is 1.40. The topological polar surface area (TPSA) is 137 Å². The number of rotatable bonds is 7. The zero-order valence-electron chi connectivity index (χ0n) is 19.6. The van der Waals surface area contributed by atoms with Gasteiger partial charge in [-0.25, -0.2) is 9.59 Å². The number of anilines is 1. The number of aryl methyl sites for hydroxylation is 1. The van der Waals surface area contributed by atoms with Gasteiger partial charge in [-0.15, -0.1) is 26.2 Å². The fraction of sp³-hybridized carbons (Fsp3) is 0.636. The number of carbonyl (C=O) groups is 3. The van der Waals surface area contributed by atoms with Gasteiger partial charge in [0, 0.05) is 17.5 Å². The van der Waals surface area contributed by atoms with Crippen LogP contribution < -0.4 is 10.6 Å². The summed E-state index contributed by atoms with van der Waals surface area (Å²) in [5.74, 6) is -0.101. The summed E-state index contributed by atoms with van der Waals surface area (Å²) in [6.45, 7) is 5.72. The highest BCUT2D eigenvalue weighted by molar-refractivity contribution is 7.11. The molecule has 0 spiro atoms. The maximum Gasteiger partial charge on any atom is 0.436 e. The summed E-state index contributed by atoms with van der Waals surface area (Å²) in [6.07, 6.45) is 3.88. The Morgan fingerprint density at radius 1 is 1.26 bits per heavy atom. The lowest BCUT2D eigenvalue weighted by Gasteiger charge is -2.38. The van der Waals surface area contributed by atoms with Gasteiger partial charge in [-0.2, -0.15) is 5.10 Å². The molecule has 0 bridgehead atoms. The van der Waals surface area contributed by atoms with Gasteiger partial charge in [0.15, 0.2) is 0 Å². The van der Waals surface area contributed by atoms with Crippen LogP contribution in [0.2, 0.25) is 0 Å². The van der Waals surface area contributed by atoms with E-state index in [2.05, 4.69) is 25.9 Å². The molecule has 2 N–H and O–H groups in total. The van der Waals surface area contributed by atoms with E-state index in [1.807, 2.05) is 13.8 Å². The van der Waals surface area contributed by atoms with E-state index in [-0.39, 0.29) is 48.4 Å². The molecule has 2 heterocycles. The summed E-state index contributed by atoms with van der Waals surface area (Å²) in [5, 5.41) is 19.4. The van der Waals surface area contributed by atoms with Crippen molar-refractivity contribution in [1.82, 2.24) is 25.3 Å². The summed E-state index contributed by atoms with van der Waals surface area (Å²) in [5.41, 5.74) is 0.487. The zero-order chi connectivity index (χ0) is 24.3. The average molecular weight is 491 g/mol. The van der Waals surface area contributed by atoms with Gasteiger partial charge < -0.3 is 20.1 Å². The van der Waals surface area contributed by atoms with Crippen molar-refractivity contribution in [2.24, 2.45) is 0 Å². The van der Waals surface area contributed by atoms with Crippen LogP contribution >= 0.6 is 11.3 Å². The van der Waals surface area contributed by atoms with Crippen LogP contribution in [0.5, 0.6) is 0 Å². The van der Waals surface area contributed by atoms with Gasteiger partial charge >= 0.3 is 12.2 Å². The Hall–Kier alpha value is -3.02. The van der Waals surface area contributed by atoms with E-state index >= 15 is 0 Å². The van der Waals surface area contributed by atoms with Crippen LogP contribution in [0.4, 0.5) is 15.4 Å². The maximum absolute atomic E-state index is 12.5. The molecule has 2 atom stereocenters. The monoisotopic (exact) mass is 490 g/mol. The van der Waals surface area contributed by atoms with Gasteiger partial charge in [0.2, 0.25) is 5.91 Å². The molecule has 2 aliphatic rings. The van der Waals surface area contributed by atoms with Crippen molar-refractivity contribution < 1.29 is 23.9 Å². The molecule has 184 valence electrons. The van der Waals surface area contributed by atoms with E-state index in [4.69, 9.17) is 9.47 Å². The number of alkyl carbamates (subject to hydrolysis) is 1. The average Bonchev–Trinajstić information content (AvgIpc) is 3.47. The summed E-state index contributed by atoms with van der Waals surface area (Å²) < 4.78 is 11.8. The van der Waals surface area contributed by atoms with Crippen molar-refractivity contribution in [2.45, 2.75) is 83.3 Å². The first kappa shape index (κ1) is 24.1. The standard InChI is InChI=1S/C22H30N6O5S/c1-4-32-21(31)28-17(23-18(29)12-19-26-25-13(2)34-19)11-16(27-28)14-6-7-15(10-14)33-20(30)24-22(3)8-5-9-22/h11,14-15H,4-10,12H2,1-3H3,(H,23,29)(H,24,30)/t14-,15?/m0/s1. The minimum Gasteiger partial charge on any atom is -0.448 e. The predicted octanol–water partition coefficient (Wildman–Crippen LogP) is 3.53. The molecule has 0 aromatic carbocycles. The van der Waals surface area contributed by atoms with Crippen LogP contribution in [0.25, 0.3) is 0 Å². The Morgan fingerprint density at radius 3 is 2.71 bits per heavy atom. The number of carbonyl (C=O) groups excluding carboxylic acids is 3. The summed E-state index contributed by atoms with van der Waals surface area (Å²) >= 11 is 1.34. The second-order valence-corrected chi connectivity index (χ2v) is 10.3. The van der Waals surface area contributed by atoms with Gasteiger partial charge in [-0.1, -0.05) is 0 Å². The Labute approximate surface area is 201 Å². The molecule has 2 aromatic rings. The van der Waals surface area contributed by atoms with Crippen LogP contribution in [0, 0.1) is 6.92 Å². The molecule has 12 heteroatoms. The number of ether oxygens (including phenoxy) is 2. The highest BCUT2D eigenvalue weighted by Crippen LogP contribution is 2.37. The third-order valence-corrected chi connectivity index (χ3v) is 7.09. The van der Waals surface area contributed by atoms with Gasteiger partial charge in [-0.05, 0) is 59.3 Å². The number of nitrogens with zero attached hydrogens (tertiary/aromatic N) is 4. The Morgan fingerprint density at radius 2 is 2.06 bits per heavy atom. The molecular formula is C22H30N6O5S. The summed E-state index contributed by atoms with van der Waals surface area (Å²) in [7, 11) is 0. The number of hydrogen-bond acceptors (Lipinski definition) is 9. The van der Waals surface area contributed by atoms with Crippen molar-refractivity contribution >= 4 is 35.2 Å². The van der Waals surface area contributed by atoms with Crippen molar-refractivity contribution in [3.8, 4) is 0 Å². The Bertz CT molecular complexity index is 1060. The van der Waals surface area contributed by atoms with Gasteiger partial charge in [0.1, 0.15) is 21.9 Å². The normalized spacial score (nSPS) is 20.9. The number of nitrogens with one attached hydrogen (secondary N) is 2. The molecular weight excluding hydrogens is 460 g/mol. The largest absolute Gasteiger partial charge is 0.448 e. The van der Waals surface area contributed by atoms with Crippen molar-refractivity contribution in [1.29, 1.82) is 0 Å². The number of amides is 2. The summed E-state index contributed by atoms with van der Waals surface area (Å²) in [4.78, 5) is 37.3. The van der Waals surface area contributed by atoms with E-state index in [0.29, 0.717) is 23.5 Å². The summed E-state index contributed by atoms with van der Waals surface area (Å²) in [6, 6.07) is 1.68. The molecule has 2 saturated carbocycles. The fourth-order valence-corrected chi connectivity index (χ4v) is 5.03. The van der Waals surface area contributed by atoms with Crippen LogP contribution in [-0.4, -0.2) is 56.3 Å². The van der Waals surface area contributed by atoms with Crippen LogP contribution in [-0.2, 0) is 20.7 Å². The lowest BCUT2D eigenvalue weighted by Crippen LogP contribution is -2.51. The fourth-order valence-electron chi connectivity index (χ4n) is 4.32. The highest BCUT2D eigenvalue weighted by Gasteiger charge is 2.36. The van der Waals surface area contributed by atoms with Crippen molar-refractivity contribution in [3.05, 3.63) is 21.8 Å². The molecule has 11 nitrogen and oxygen atoms in total. The van der Waals surface area contributed by atoms with E-state index < -0.39 is 6.09 Å². The van der Waals surface area contributed by atoms with Crippen LogP contribution in [0.15, 0.2) is 6.07 Å². The molecule has 0 radical (unpaired) electrons. The van der Waals surface area contributed by atoms with E-state index in [0.717, 1.165) is 35.4 Å². The number of aromatic nitrogens is 4. The highest BCUT2D eigenvalue weighted by atomic mass is 32.1. The quantitative estimate of drug-likeness (QED) is 0.601. The third-order valence-electron chi connectivity index (χ3n) is 6.25. The minimum absolute atomic E-state index is 0.00534. The SMILES string of the molecule is CCOC(=O)n1nc([C@H]2CCC(OC(=O)NC3(C)CCC3)C2)cc1NC(=O)Cc1nnc(C)s1. The van der Waals surface area contributed by atoms with E-state index in [1.54, 1.807) is 13.0 Å². The molecule has 2 aromatic heterocycles. The first-order valence-electron chi connectivity index (χ1n) is 11.6. The van der Waals surface area contributed by atoms with Gasteiger partial charge in [0.25, 0.3) is 0 Å². The molecule has 2 amide bonds.